The molecule has 0 aliphatic heterocycles. The Labute approximate surface area is 159 Å². The summed E-state index contributed by atoms with van der Waals surface area (Å²) in [6.07, 6.45) is 0.628. The van der Waals surface area contributed by atoms with Gasteiger partial charge in [-0.3, -0.25) is 0 Å². The van der Waals surface area contributed by atoms with Crippen LogP contribution >= 0.6 is 0 Å². The maximum absolute atomic E-state index is 12.6. The zero-order valence-corrected chi connectivity index (χ0v) is 17.5. The lowest BCUT2D eigenvalue weighted by atomic mass is 9.49. The van der Waals surface area contributed by atoms with Crippen LogP contribution in [0.5, 0.6) is 0 Å². The van der Waals surface area contributed by atoms with Gasteiger partial charge in [-0.1, -0.05) is 66.7 Å². The normalized spacial score (nSPS) is 31.2. The van der Waals surface area contributed by atoms with Crippen LogP contribution in [0, 0.1) is 28.6 Å². The van der Waals surface area contributed by atoms with Gasteiger partial charge < -0.3 is 9.84 Å². The predicted molar refractivity (Wildman–Crippen MR) is 106 cm³/mol. The first kappa shape index (κ1) is 21.0. The number of benzene rings is 1. The number of rotatable bonds is 5. The second-order valence-electron chi connectivity index (χ2n) is 9.62. The first-order chi connectivity index (χ1) is 12.0. The molecule has 1 N–H and O–H groups in total. The zero-order valence-electron chi connectivity index (χ0n) is 17.5. The van der Waals surface area contributed by atoms with Gasteiger partial charge in [-0.2, -0.15) is 0 Å². The lowest BCUT2D eigenvalue weighted by Gasteiger charge is -2.58. The molecule has 4 atom stereocenters. The summed E-state index contributed by atoms with van der Waals surface area (Å²) < 4.78 is 5.84. The molecule has 1 aliphatic carbocycles. The molecule has 1 aromatic carbocycles. The molecule has 1 fully saturated rings. The predicted octanol–water partition coefficient (Wildman–Crippen LogP) is 5.33. The summed E-state index contributed by atoms with van der Waals surface area (Å²) in [6, 6.07) is 9.04. The lowest BCUT2D eigenvalue weighted by molar-refractivity contribution is -0.177. The summed E-state index contributed by atoms with van der Waals surface area (Å²) in [6.45, 7) is 15.5. The standard InChI is InChI=1S/C23H36O3/c1-15(2)13-19-22(5,6)20(24)18(14-23(19,7)16(3)4)26-21(25)17-11-9-8-10-12-17/h8-12,15-16,18-20,24H,13-14H2,1-7H3/t18-,19+,20+,23-/m1/s1. The molecule has 0 unspecified atom stereocenters. The molecule has 1 saturated carbocycles. The van der Waals surface area contributed by atoms with E-state index in [0.717, 1.165) is 6.42 Å². The highest BCUT2D eigenvalue weighted by atomic mass is 16.6. The van der Waals surface area contributed by atoms with E-state index in [0.29, 0.717) is 29.7 Å². The third kappa shape index (κ3) is 3.98. The Morgan fingerprint density at radius 1 is 1.15 bits per heavy atom. The quantitative estimate of drug-likeness (QED) is 0.722. The Kier molecular flexibility index (Phi) is 6.22. The van der Waals surface area contributed by atoms with Crippen LogP contribution in [-0.2, 0) is 4.74 Å². The summed E-state index contributed by atoms with van der Waals surface area (Å²) in [5.74, 6) is 1.03. The Morgan fingerprint density at radius 3 is 2.23 bits per heavy atom. The SMILES string of the molecule is CC(C)C[C@H]1C(C)(C)[C@@H](O)[C@H](OC(=O)c2ccccc2)C[C@]1(C)C(C)C. The van der Waals surface area contributed by atoms with Crippen molar-refractivity contribution in [3.05, 3.63) is 35.9 Å². The van der Waals surface area contributed by atoms with Gasteiger partial charge >= 0.3 is 5.97 Å². The lowest BCUT2D eigenvalue weighted by Crippen LogP contribution is -2.59. The highest BCUT2D eigenvalue weighted by molar-refractivity contribution is 5.89. The monoisotopic (exact) mass is 360 g/mol. The fourth-order valence-electron chi connectivity index (χ4n) is 4.79. The first-order valence-electron chi connectivity index (χ1n) is 9.94. The highest BCUT2D eigenvalue weighted by Gasteiger charge is 2.56. The zero-order chi connectivity index (χ0) is 19.7. The molecule has 0 radical (unpaired) electrons. The molecule has 0 saturated heterocycles. The van der Waals surface area contributed by atoms with Gasteiger partial charge in [-0.15, -0.1) is 0 Å². The minimum Gasteiger partial charge on any atom is -0.456 e. The topological polar surface area (TPSA) is 46.5 Å². The fraction of sp³-hybridized carbons (Fsp3) is 0.696. The Hall–Kier alpha value is -1.35. The Balaban J connectivity index is 2.31. The van der Waals surface area contributed by atoms with Crippen LogP contribution in [0.4, 0.5) is 0 Å². The third-order valence-corrected chi connectivity index (χ3v) is 6.74. The van der Waals surface area contributed by atoms with Crippen molar-refractivity contribution in [1.82, 2.24) is 0 Å². The summed E-state index contributed by atoms with van der Waals surface area (Å²) in [5.41, 5.74) is 0.228. The van der Waals surface area contributed by atoms with Gasteiger partial charge in [0, 0.05) is 0 Å². The summed E-state index contributed by atoms with van der Waals surface area (Å²) in [4.78, 5) is 12.6. The van der Waals surface area contributed by atoms with Crippen LogP contribution in [-0.4, -0.2) is 23.3 Å². The van der Waals surface area contributed by atoms with Crippen molar-refractivity contribution >= 4 is 5.97 Å². The molecular formula is C23H36O3. The molecule has 1 aromatic rings. The van der Waals surface area contributed by atoms with E-state index in [1.807, 2.05) is 18.2 Å². The maximum atomic E-state index is 12.6. The molecule has 0 amide bonds. The van der Waals surface area contributed by atoms with Crippen molar-refractivity contribution in [2.75, 3.05) is 0 Å². The molecule has 0 bridgehead atoms. The van der Waals surface area contributed by atoms with Gasteiger partial charge in [0.15, 0.2) is 0 Å². The molecule has 3 heteroatoms. The average Bonchev–Trinajstić information content (AvgIpc) is 2.57. The molecule has 0 spiro atoms. The minimum atomic E-state index is -0.661. The van der Waals surface area contributed by atoms with E-state index in [9.17, 15) is 9.90 Å². The number of aliphatic hydroxyl groups excluding tert-OH is 1. The van der Waals surface area contributed by atoms with Gasteiger partial charge in [-0.05, 0) is 53.6 Å². The van der Waals surface area contributed by atoms with Gasteiger partial charge in [0.05, 0.1) is 11.7 Å². The number of hydrogen-bond donors (Lipinski definition) is 1. The van der Waals surface area contributed by atoms with Crippen LogP contribution in [0.15, 0.2) is 30.3 Å². The molecule has 3 nitrogen and oxygen atoms in total. The second-order valence-corrected chi connectivity index (χ2v) is 9.62. The van der Waals surface area contributed by atoms with E-state index < -0.39 is 12.2 Å². The first-order valence-corrected chi connectivity index (χ1v) is 9.94. The fourth-order valence-corrected chi connectivity index (χ4v) is 4.79. The van der Waals surface area contributed by atoms with Crippen LogP contribution in [0.3, 0.4) is 0 Å². The van der Waals surface area contributed by atoms with Crippen molar-refractivity contribution < 1.29 is 14.6 Å². The van der Waals surface area contributed by atoms with Crippen LogP contribution in [0.2, 0.25) is 0 Å². The number of carbonyl (C=O) groups excluding carboxylic acids is 1. The third-order valence-electron chi connectivity index (χ3n) is 6.74. The number of carbonyl (C=O) groups is 1. The summed E-state index contributed by atoms with van der Waals surface area (Å²) in [5, 5.41) is 11.1. The van der Waals surface area contributed by atoms with E-state index in [2.05, 4.69) is 48.5 Å². The molecule has 146 valence electrons. The summed E-state index contributed by atoms with van der Waals surface area (Å²) >= 11 is 0. The summed E-state index contributed by atoms with van der Waals surface area (Å²) in [7, 11) is 0. The second kappa shape index (κ2) is 7.72. The van der Waals surface area contributed by atoms with Gasteiger partial charge in [0.2, 0.25) is 0 Å². The van der Waals surface area contributed by atoms with E-state index in [1.165, 1.54) is 0 Å². The van der Waals surface area contributed by atoms with Crippen LogP contribution < -0.4 is 0 Å². The molecule has 1 aliphatic rings. The number of hydrogen-bond acceptors (Lipinski definition) is 3. The Morgan fingerprint density at radius 2 is 1.73 bits per heavy atom. The van der Waals surface area contributed by atoms with Crippen molar-refractivity contribution in [1.29, 1.82) is 0 Å². The molecule has 26 heavy (non-hydrogen) atoms. The largest absolute Gasteiger partial charge is 0.456 e. The van der Waals surface area contributed by atoms with E-state index in [4.69, 9.17) is 4.74 Å². The highest BCUT2D eigenvalue weighted by Crippen LogP contribution is 2.57. The number of esters is 1. The van der Waals surface area contributed by atoms with E-state index >= 15 is 0 Å². The van der Waals surface area contributed by atoms with Crippen LogP contribution in [0.25, 0.3) is 0 Å². The van der Waals surface area contributed by atoms with Crippen molar-refractivity contribution in [2.45, 2.75) is 73.5 Å². The van der Waals surface area contributed by atoms with Crippen molar-refractivity contribution in [3.8, 4) is 0 Å². The van der Waals surface area contributed by atoms with Gasteiger partial charge in [-0.25, -0.2) is 4.79 Å². The number of aliphatic hydroxyl groups is 1. The maximum Gasteiger partial charge on any atom is 0.338 e. The van der Waals surface area contributed by atoms with E-state index in [-0.39, 0.29) is 16.8 Å². The Bertz CT molecular complexity index is 605. The number of ether oxygens (including phenoxy) is 1. The van der Waals surface area contributed by atoms with Crippen molar-refractivity contribution in [3.63, 3.8) is 0 Å². The van der Waals surface area contributed by atoms with Crippen molar-refractivity contribution in [2.24, 2.45) is 28.6 Å². The van der Waals surface area contributed by atoms with E-state index in [1.54, 1.807) is 12.1 Å². The van der Waals surface area contributed by atoms with Gasteiger partial charge in [0.1, 0.15) is 6.10 Å². The van der Waals surface area contributed by atoms with Gasteiger partial charge in [0.25, 0.3) is 0 Å². The molecule has 2 rings (SSSR count). The van der Waals surface area contributed by atoms with Crippen LogP contribution in [0.1, 0.15) is 71.7 Å². The smallest absolute Gasteiger partial charge is 0.338 e. The average molecular weight is 361 g/mol. The minimum absolute atomic E-state index is 0.00857. The molecule has 0 heterocycles. The molecular weight excluding hydrogens is 324 g/mol. The molecule has 0 aromatic heterocycles.